The molecule has 0 aromatic rings. The third-order valence-corrected chi connectivity index (χ3v) is 2.02. The lowest BCUT2D eigenvalue weighted by Gasteiger charge is -2.11. The molecule has 0 saturated heterocycles. The highest BCUT2D eigenvalue weighted by Gasteiger charge is 2.13. The summed E-state index contributed by atoms with van der Waals surface area (Å²) in [6.07, 6.45) is 7.34. The first-order valence-corrected chi connectivity index (χ1v) is 3.99. The normalized spacial score (nSPS) is 18.5. The van der Waals surface area contributed by atoms with E-state index in [4.69, 9.17) is 0 Å². The summed E-state index contributed by atoms with van der Waals surface area (Å²) in [5, 5.41) is 0. The fourth-order valence-electron chi connectivity index (χ4n) is 1.44. The first-order valence-electron chi connectivity index (χ1n) is 3.99. The third-order valence-electron chi connectivity index (χ3n) is 2.02. The molecule has 1 aliphatic heterocycles. The Morgan fingerprint density at radius 1 is 1.55 bits per heavy atom. The summed E-state index contributed by atoms with van der Waals surface area (Å²) in [6, 6.07) is 0. The molecule has 0 saturated carbocycles. The van der Waals surface area contributed by atoms with E-state index in [1.807, 2.05) is 13.0 Å². The van der Waals surface area contributed by atoms with Gasteiger partial charge < -0.3 is 4.90 Å². The van der Waals surface area contributed by atoms with Crippen LogP contribution in [0.15, 0.2) is 36.1 Å². The second-order valence-electron chi connectivity index (χ2n) is 2.79. The Hall–Kier alpha value is -0.980. The van der Waals surface area contributed by atoms with Gasteiger partial charge in [0.05, 0.1) is 0 Å². The van der Waals surface area contributed by atoms with Crippen LogP contribution in [0.4, 0.5) is 0 Å². The van der Waals surface area contributed by atoms with Gasteiger partial charge in [0.15, 0.2) is 0 Å². The first-order chi connectivity index (χ1) is 5.29. The highest BCUT2D eigenvalue weighted by molar-refractivity contribution is 5.34. The fraction of sp³-hybridized carbons (Fsp3) is 0.400. The minimum atomic E-state index is 1.13. The van der Waals surface area contributed by atoms with E-state index in [-0.39, 0.29) is 0 Å². The molecule has 0 radical (unpaired) electrons. The maximum absolute atomic E-state index is 3.79. The quantitative estimate of drug-likeness (QED) is 0.582. The molecule has 60 valence electrons. The summed E-state index contributed by atoms with van der Waals surface area (Å²) in [5.74, 6) is 0. The van der Waals surface area contributed by atoms with Crippen molar-refractivity contribution in [3.8, 4) is 0 Å². The van der Waals surface area contributed by atoms with Crippen LogP contribution in [-0.2, 0) is 0 Å². The van der Waals surface area contributed by atoms with Gasteiger partial charge in [-0.25, -0.2) is 0 Å². The van der Waals surface area contributed by atoms with Gasteiger partial charge in [0, 0.05) is 19.3 Å². The Kier molecular flexibility index (Phi) is 2.53. The summed E-state index contributed by atoms with van der Waals surface area (Å²) in [4.78, 5) is 2.24. The lowest BCUT2D eigenvalue weighted by molar-refractivity contribution is 0.472. The molecule has 1 heteroatoms. The number of nitrogens with zero attached hydrogens (tertiary/aromatic N) is 1. The van der Waals surface area contributed by atoms with Crippen molar-refractivity contribution in [1.82, 2.24) is 4.90 Å². The molecule has 0 aliphatic carbocycles. The van der Waals surface area contributed by atoms with Crippen LogP contribution in [0.3, 0.4) is 0 Å². The summed E-state index contributed by atoms with van der Waals surface area (Å²) in [6.45, 7) is 6.97. The molecule has 1 nitrogen and oxygen atoms in total. The van der Waals surface area contributed by atoms with E-state index in [0.717, 1.165) is 13.0 Å². The second-order valence-corrected chi connectivity index (χ2v) is 2.79. The maximum Gasteiger partial charge on any atom is 0.0390 e. The van der Waals surface area contributed by atoms with Crippen molar-refractivity contribution in [3.63, 3.8) is 0 Å². The Labute approximate surface area is 68.7 Å². The van der Waals surface area contributed by atoms with Gasteiger partial charge in [-0.3, -0.25) is 0 Å². The predicted octanol–water partition coefficient (Wildman–Crippen LogP) is 2.34. The van der Waals surface area contributed by atoms with Crippen molar-refractivity contribution in [1.29, 1.82) is 0 Å². The molecular formula is C10H15N. The van der Waals surface area contributed by atoms with Gasteiger partial charge in [-0.05, 0) is 25.0 Å². The van der Waals surface area contributed by atoms with Gasteiger partial charge in [0.1, 0.15) is 0 Å². The topological polar surface area (TPSA) is 3.24 Å². The van der Waals surface area contributed by atoms with Gasteiger partial charge in [-0.2, -0.15) is 0 Å². The smallest absolute Gasteiger partial charge is 0.0390 e. The molecule has 0 aromatic carbocycles. The minimum Gasteiger partial charge on any atom is -0.374 e. The lowest BCUT2D eigenvalue weighted by Crippen LogP contribution is -2.10. The van der Waals surface area contributed by atoms with Gasteiger partial charge in [-0.15, -0.1) is 0 Å². The SMILES string of the molecule is C=CC1=C(/C=C\C)CCN1C. The molecule has 0 bridgehead atoms. The van der Waals surface area contributed by atoms with E-state index in [2.05, 4.69) is 30.7 Å². The Morgan fingerprint density at radius 3 is 2.82 bits per heavy atom. The molecule has 0 atom stereocenters. The monoisotopic (exact) mass is 149 g/mol. The molecule has 0 aromatic heterocycles. The van der Waals surface area contributed by atoms with E-state index < -0.39 is 0 Å². The predicted molar refractivity (Wildman–Crippen MR) is 49.3 cm³/mol. The highest BCUT2D eigenvalue weighted by atomic mass is 15.1. The van der Waals surface area contributed by atoms with E-state index in [9.17, 15) is 0 Å². The average molecular weight is 149 g/mol. The van der Waals surface area contributed by atoms with Crippen molar-refractivity contribution >= 4 is 0 Å². The molecule has 0 fully saturated rings. The van der Waals surface area contributed by atoms with Crippen LogP contribution in [0, 0.1) is 0 Å². The Morgan fingerprint density at radius 2 is 2.27 bits per heavy atom. The highest BCUT2D eigenvalue weighted by Crippen LogP contribution is 2.22. The molecule has 0 N–H and O–H groups in total. The number of rotatable bonds is 2. The zero-order valence-electron chi connectivity index (χ0n) is 7.30. The zero-order chi connectivity index (χ0) is 8.27. The van der Waals surface area contributed by atoms with Crippen molar-refractivity contribution < 1.29 is 0 Å². The van der Waals surface area contributed by atoms with Gasteiger partial charge in [0.25, 0.3) is 0 Å². The van der Waals surface area contributed by atoms with Crippen molar-refractivity contribution in [2.75, 3.05) is 13.6 Å². The van der Waals surface area contributed by atoms with Crippen molar-refractivity contribution in [3.05, 3.63) is 36.1 Å². The van der Waals surface area contributed by atoms with Crippen LogP contribution >= 0.6 is 0 Å². The van der Waals surface area contributed by atoms with E-state index in [1.165, 1.54) is 11.3 Å². The summed E-state index contributed by atoms with van der Waals surface area (Å²) in [5.41, 5.74) is 2.69. The van der Waals surface area contributed by atoms with Crippen LogP contribution in [-0.4, -0.2) is 18.5 Å². The van der Waals surface area contributed by atoms with Crippen molar-refractivity contribution in [2.45, 2.75) is 13.3 Å². The molecule has 0 amide bonds. The average Bonchev–Trinajstić information content (AvgIpc) is 2.33. The second kappa shape index (κ2) is 3.42. The number of hydrogen-bond donors (Lipinski definition) is 0. The summed E-state index contributed by atoms with van der Waals surface area (Å²) < 4.78 is 0. The fourth-order valence-corrected chi connectivity index (χ4v) is 1.44. The molecule has 11 heavy (non-hydrogen) atoms. The number of hydrogen-bond acceptors (Lipinski definition) is 1. The van der Waals surface area contributed by atoms with Gasteiger partial charge >= 0.3 is 0 Å². The van der Waals surface area contributed by atoms with Gasteiger partial charge in [-0.1, -0.05) is 18.7 Å². The van der Waals surface area contributed by atoms with Crippen LogP contribution in [0.2, 0.25) is 0 Å². The third kappa shape index (κ3) is 1.53. The minimum absolute atomic E-state index is 1.13. The van der Waals surface area contributed by atoms with Crippen LogP contribution < -0.4 is 0 Å². The largest absolute Gasteiger partial charge is 0.374 e. The molecule has 0 unspecified atom stereocenters. The van der Waals surface area contributed by atoms with Crippen LogP contribution in [0.5, 0.6) is 0 Å². The van der Waals surface area contributed by atoms with E-state index in [0.29, 0.717) is 0 Å². The number of allylic oxidation sites excluding steroid dienone is 3. The first kappa shape index (κ1) is 8.12. The Balaban J connectivity index is 2.88. The van der Waals surface area contributed by atoms with Gasteiger partial charge in [0.2, 0.25) is 0 Å². The zero-order valence-corrected chi connectivity index (χ0v) is 7.30. The molecule has 1 aliphatic rings. The number of likely N-dealkylation sites (N-methyl/N-ethyl adjacent to an activating group) is 1. The summed E-state index contributed by atoms with van der Waals surface area (Å²) >= 11 is 0. The van der Waals surface area contributed by atoms with E-state index in [1.54, 1.807) is 0 Å². The maximum atomic E-state index is 3.79. The van der Waals surface area contributed by atoms with Crippen LogP contribution in [0.25, 0.3) is 0 Å². The molecule has 0 spiro atoms. The summed E-state index contributed by atoms with van der Waals surface area (Å²) in [7, 11) is 2.10. The van der Waals surface area contributed by atoms with E-state index >= 15 is 0 Å². The Bertz CT molecular complexity index is 211. The molecular weight excluding hydrogens is 134 g/mol. The van der Waals surface area contributed by atoms with Crippen molar-refractivity contribution in [2.24, 2.45) is 0 Å². The standard InChI is InChI=1S/C10H15N/c1-4-6-9-7-8-11(3)10(9)5-2/h4-6H,2,7-8H2,1,3H3/b6-4-. The van der Waals surface area contributed by atoms with Crippen LogP contribution in [0.1, 0.15) is 13.3 Å². The lowest BCUT2D eigenvalue weighted by atomic mass is 10.2. The molecule has 1 rings (SSSR count). The molecule has 1 heterocycles.